The van der Waals surface area contributed by atoms with Crippen molar-refractivity contribution in [3.05, 3.63) is 60.2 Å². The van der Waals surface area contributed by atoms with E-state index in [0.717, 1.165) is 44.0 Å². The molecule has 0 spiro atoms. The van der Waals surface area contributed by atoms with Crippen molar-refractivity contribution < 1.29 is 9.47 Å². The Balaban J connectivity index is 1.47. The standard InChI is InChI=1S/C25H36N2O2/c1-26(2)20-16-25(22-10-5-3-6-11-22)29-24-14-12-23(13-15-24)28-21-9-19-27-17-7-4-8-18-27/h3,5-6,10-15,25H,4,7-9,16-21H2,1-2H3. The van der Waals surface area contributed by atoms with Gasteiger partial charge in [0, 0.05) is 19.5 Å². The summed E-state index contributed by atoms with van der Waals surface area (Å²) in [5, 5.41) is 0. The highest BCUT2D eigenvalue weighted by Crippen LogP contribution is 2.26. The van der Waals surface area contributed by atoms with Gasteiger partial charge in [-0.2, -0.15) is 0 Å². The molecule has 0 radical (unpaired) electrons. The van der Waals surface area contributed by atoms with Gasteiger partial charge in [-0.1, -0.05) is 36.8 Å². The molecule has 0 aromatic heterocycles. The number of piperidine rings is 1. The number of ether oxygens (including phenoxy) is 2. The van der Waals surface area contributed by atoms with Crippen molar-refractivity contribution in [1.82, 2.24) is 9.80 Å². The van der Waals surface area contributed by atoms with E-state index in [4.69, 9.17) is 9.47 Å². The predicted molar refractivity (Wildman–Crippen MR) is 120 cm³/mol. The zero-order valence-electron chi connectivity index (χ0n) is 18.1. The number of rotatable bonds is 11. The maximum atomic E-state index is 6.32. The molecule has 1 heterocycles. The van der Waals surface area contributed by atoms with Crippen molar-refractivity contribution in [3.63, 3.8) is 0 Å². The minimum atomic E-state index is 0.0508. The summed E-state index contributed by atoms with van der Waals surface area (Å²) in [4.78, 5) is 4.75. The summed E-state index contributed by atoms with van der Waals surface area (Å²) in [6.45, 7) is 5.40. The van der Waals surface area contributed by atoms with Crippen molar-refractivity contribution in [2.75, 3.05) is 46.9 Å². The minimum Gasteiger partial charge on any atom is -0.494 e. The summed E-state index contributed by atoms with van der Waals surface area (Å²) in [5.74, 6) is 1.80. The Bertz CT molecular complexity index is 682. The molecule has 2 aromatic carbocycles. The van der Waals surface area contributed by atoms with Gasteiger partial charge in [0.05, 0.1) is 6.61 Å². The zero-order valence-corrected chi connectivity index (χ0v) is 18.1. The smallest absolute Gasteiger partial charge is 0.125 e. The molecular formula is C25H36N2O2. The average Bonchev–Trinajstić information content (AvgIpc) is 2.76. The van der Waals surface area contributed by atoms with Gasteiger partial charge >= 0.3 is 0 Å². The minimum absolute atomic E-state index is 0.0508. The van der Waals surface area contributed by atoms with E-state index in [1.165, 1.54) is 37.9 Å². The Hall–Kier alpha value is -2.04. The summed E-state index contributed by atoms with van der Waals surface area (Å²) in [6.07, 6.45) is 6.17. The third kappa shape index (κ3) is 7.71. The molecule has 1 unspecified atom stereocenters. The number of hydrogen-bond donors (Lipinski definition) is 0. The Kier molecular flexibility index (Phi) is 8.84. The highest BCUT2D eigenvalue weighted by atomic mass is 16.5. The Labute approximate surface area is 176 Å². The number of nitrogens with zero attached hydrogens (tertiary/aromatic N) is 2. The topological polar surface area (TPSA) is 24.9 Å². The van der Waals surface area contributed by atoms with Crippen molar-refractivity contribution in [1.29, 1.82) is 0 Å². The van der Waals surface area contributed by atoms with E-state index in [2.05, 4.69) is 48.2 Å². The maximum Gasteiger partial charge on any atom is 0.125 e. The van der Waals surface area contributed by atoms with Gasteiger partial charge in [0.2, 0.25) is 0 Å². The van der Waals surface area contributed by atoms with Gasteiger partial charge in [-0.25, -0.2) is 0 Å². The van der Waals surface area contributed by atoms with Crippen molar-refractivity contribution in [3.8, 4) is 11.5 Å². The fourth-order valence-corrected chi connectivity index (χ4v) is 3.78. The largest absolute Gasteiger partial charge is 0.494 e. The molecule has 0 amide bonds. The summed E-state index contributed by atoms with van der Waals surface area (Å²) in [7, 11) is 4.19. The van der Waals surface area contributed by atoms with Gasteiger partial charge in [0.15, 0.2) is 0 Å². The molecular weight excluding hydrogens is 360 g/mol. The van der Waals surface area contributed by atoms with E-state index in [-0.39, 0.29) is 6.10 Å². The number of likely N-dealkylation sites (tertiary alicyclic amines) is 1. The number of benzene rings is 2. The lowest BCUT2D eigenvalue weighted by Crippen LogP contribution is -2.31. The fourth-order valence-electron chi connectivity index (χ4n) is 3.78. The van der Waals surface area contributed by atoms with Crippen LogP contribution in [0, 0.1) is 0 Å². The van der Waals surface area contributed by atoms with E-state index in [9.17, 15) is 0 Å². The van der Waals surface area contributed by atoms with Gasteiger partial charge in [0.25, 0.3) is 0 Å². The van der Waals surface area contributed by atoms with Crippen LogP contribution in [0.2, 0.25) is 0 Å². The summed E-state index contributed by atoms with van der Waals surface area (Å²) in [6, 6.07) is 18.5. The van der Waals surface area contributed by atoms with E-state index >= 15 is 0 Å². The first-order valence-corrected chi connectivity index (χ1v) is 11.0. The molecule has 29 heavy (non-hydrogen) atoms. The monoisotopic (exact) mass is 396 g/mol. The highest BCUT2D eigenvalue weighted by molar-refractivity contribution is 5.32. The average molecular weight is 397 g/mol. The second-order valence-corrected chi connectivity index (χ2v) is 8.18. The van der Waals surface area contributed by atoms with Crippen LogP contribution in [0.15, 0.2) is 54.6 Å². The molecule has 1 atom stereocenters. The molecule has 1 fully saturated rings. The molecule has 2 aromatic rings. The van der Waals surface area contributed by atoms with Crippen LogP contribution in [0.25, 0.3) is 0 Å². The lowest BCUT2D eigenvalue weighted by molar-refractivity contribution is 0.179. The Morgan fingerprint density at radius 2 is 1.59 bits per heavy atom. The fraction of sp³-hybridized carbons (Fsp3) is 0.520. The van der Waals surface area contributed by atoms with Gasteiger partial charge in [-0.15, -0.1) is 0 Å². The van der Waals surface area contributed by atoms with Crippen LogP contribution in [0.4, 0.5) is 0 Å². The molecule has 1 saturated heterocycles. The Morgan fingerprint density at radius 3 is 2.28 bits per heavy atom. The first-order chi connectivity index (χ1) is 14.2. The lowest BCUT2D eigenvalue weighted by atomic mass is 10.1. The summed E-state index contributed by atoms with van der Waals surface area (Å²) < 4.78 is 12.3. The third-order valence-electron chi connectivity index (χ3n) is 5.45. The maximum absolute atomic E-state index is 6.32. The molecule has 0 aliphatic carbocycles. The van der Waals surface area contributed by atoms with Crippen LogP contribution in [0.1, 0.15) is 43.8 Å². The van der Waals surface area contributed by atoms with Crippen molar-refractivity contribution in [2.45, 2.75) is 38.2 Å². The van der Waals surface area contributed by atoms with Crippen LogP contribution in [-0.2, 0) is 0 Å². The van der Waals surface area contributed by atoms with Crippen LogP contribution in [0.5, 0.6) is 11.5 Å². The second kappa shape index (κ2) is 11.8. The molecule has 1 aliphatic heterocycles. The quantitative estimate of drug-likeness (QED) is 0.498. The van der Waals surface area contributed by atoms with Crippen LogP contribution in [0.3, 0.4) is 0 Å². The third-order valence-corrected chi connectivity index (χ3v) is 5.45. The van der Waals surface area contributed by atoms with Gasteiger partial charge in [0.1, 0.15) is 17.6 Å². The first-order valence-electron chi connectivity index (χ1n) is 11.0. The van der Waals surface area contributed by atoms with Crippen LogP contribution >= 0.6 is 0 Å². The summed E-state index contributed by atoms with van der Waals surface area (Å²) >= 11 is 0. The van der Waals surface area contributed by atoms with E-state index < -0.39 is 0 Å². The second-order valence-electron chi connectivity index (χ2n) is 8.18. The van der Waals surface area contributed by atoms with E-state index in [1.807, 2.05) is 30.3 Å². The van der Waals surface area contributed by atoms with E-state index in [0.29, 0.717) is 0 Å². The van der Waals surface area contributed by atoms with Gasteiger partial charge in [-0.05, 0) is 76.3 Å². The molecule has 158 valence electrons. The SMILES string of the molecule is CN(C)CCC(Oc1ccc(OCCCN2CCCCC2)cc1)c1ccccc1. The highest BCUT2D eigenvalue weighted by Gasteiger charge is 2.14. The molecule has 4 nitrogen and oxygen atoms in total. The van der Waals surface area contributed by atoms with Crippen molar-refractivity contribution in [2.24, 2.45) is 0 Å². The summed E-state index contributed by atoms with van der Waals surface area (Å²) in [5.41, 5.74) is 1.22. The zero-order chi connectivity index (χ0) is 20.3. The first kappa shape index (κ1) is 21.7. The predicted octanol–water partition coefficient (Wildman–Crippen LogP) is 5.01. The molecule has 3 rings (SSSR count). The normalized spacial score (nSPS) is 16.0. The van der Waals surface area contributed by atoms with Crippen molar-refractivity contribution >= 4 is 0 Å². The molecule has 0 bridgehead atoms. The molecule has 0 saturated carbocycles. The Morgan fingerprint density at radius 1 is 0.897 bits per heavy atom. The van der Waals surface area contributed by atoms with Gasteiger partial charge in [-0.3, -0.25) is 0 Å². The van der Waals surface area contributed by atoms with Crippen LogP contribution < -0.4 is 9.47 Å². The molecule has 4 heteroatoms. The molecule has 1 aliphatic rings. The van der Waals surface area contributed by atoms with Crippen LogP contribution in [-0.4, -0.2) is 56.7 Å². The van der Waals surface area contributed by atoms with Gasteiger partial charge < -0.3 is 19.3 Å². The number of hydrogen-bond acceptors (Lipinski definition) is 4. The molecule has 0 N–H and O–H groups in total. The van der Waals surface area contributed by atoms with E-state index in [1.54, 1.807) is 0 Å². The lowest BCUT2D eigenvalue weighted by Gasteiger charge is -2.26.